The van der Waals surface area contributed by atoms with E-state index in [1.54, 1.807) is 7.11 Å². The fraction of sp³-hybridized carbons (Fsp3) is 0.375. The molecular weight excluding hydrogens is 284 g/mol. The van der Waals surface area contributed by atoms with E-state index in [4.69, 9.17) is 29.5 Å². The molecule has 0 unspecified atom stereocenters. The number of rotatable bonds is 5. The smallest absolute Gasteiger partial charge is 0.231 e. The Labute approximate surface area is 129 Å². The first-order chi connectivity index (χ1) is 10.7. The quantitative estimate of drug-likeness (QED) is 0.777. The van der Waals surface area contributed by atoms with E-state index in [2.05, 4.69) is 0 Å². The molecule has 0 spiro atoms. The van der Waals surface area contributed by atoms with Gasteiger partial charge in [-0.3, -0.25) is 0 Å². The van der Waals surface area contributed by atoms with Crippen molar-refractivity contribution in [2.75, 3.05) is 21.0 Å². The Morgan fingerprint density at radius 1 is 1.14 bits per heavy atom. The van der Waals surface area contributed by atoms with Crippen molar-refractivity contribution in [3.8, 4) is 35.1 Å². The van der Waals surface area contributed by atoms with E-state index in [-0.39, 0.29) is 12.4 Å². The lowest BCUT2D eigenvalue weighted by Gasteiger charge is -2.17. The second kappa shape index (κ2) is 6.73. The molecule has 1 aliphatic heterocycles. The Bertz CT molecular complexity index is 680. The third-order valence-corrected chi connectivity index (χ3v) is 3.31. The van der Waals surface area contributed by atoms with Crippen LogP contribution in [0.2, 0.25) is 0 Å². The van der Waals surface area contributed by atoms with Crippen molar-refractivity contribution in [3.63, 3.8) is 0 Å². The second-order valence-corrected chi connectivity index (χ2v) is 4.56. The molecule has 0 N–H and O–H groups in total. The third-order valence-electron chi connectivity index (χ3n) is 3.31. The lowest BCUT2D eigenvalue weighted by Crippen LogP contribution is -2.01. The summed E-state index contributed by atoms with van der Waals surface area (Å²) in [5, 5.41) is 18.0. The number of nitriles is 2. The van der Waals surface area contributed by atoms with Gasteiger partial charge in [-0.2, -0.15) is 10.5 Å². The monoisotopic (exact) mass is 300 g/mol. The molecule has 0 bridgehead atoms. The number of benzene rings is 1. The van der Waals surface area contributed by atoms with Crippen LogP contribution >= 0.6 is 0 Å². The zero-order chi connectivity index (χ0) is 16.1. The molecule has 1 aromatic carbocycles. The normalized spacial score (nSPS) is 11.3. The zero-order valence-corrected chi connectivity index (χ0v) is 12.7. The van der Waals surface area contributed by atoms with Gasteiger partial charge in [0, 0.05) is 11.1 Å². The van der Waals surface area contributed by atoms with Gasteiger partial charge in [0.25, 0.3) is 0 Å². The van der Waals surface area contributed by atoms with Crippen LogP contribution in [-0.4, -0.2) is 21.0 Å². The molecule has 0 atom stereocenters. The summed E-state index contributed by atoms with van der Waals surface area (Å²) in [6.45, 7) is 2.10. The first kappa shape index (κ1) is 15.5. The van der Waals surface area contributed by atoms with Crippen molar-refractivity contribution >= 4 is 6.08 Å². The van der Waals surface area contributed by atoms with Gasteiger partial charge in [0.05, 0.1) is 14.2 Å². The van der Waals surface area contributed by atoms with Gasteiger partial charge in [0.2, 0.25) is 18.3 Å². The second-order valence-electron chi connectivity index (χ2n) is 4.56. The van der Waals surface area contributed by atoms with E-state index >= 15 is 0 Å². The van der Waals surface area contributed by atoms with Crippen LogP contribution < -0.4 is 18.9 Å². The largest absolute Gasteiger partial charge is 0.492 e. The number of nitrogens with zero attached hydrogens (tertiary/aromatic N) is 2. The summed E-state index contributed by atoms with van der Waals surface area (Å²) in [5.41, 5.74) is 1.43. The SMILES string of the molecule is CCCc1c(C=C(C#N)C#N)c(OC)c2c(c1OC)OCO2. The number of hydrogen-bond acceptors (Lipinski definition) is 6. The van der Waals surface area contributed by atoms with E-state index in [1.807, 2.05) is 19.1 Å². The maximum absolute atomic E-state index is 9.02. The standard InChI is InChI=1S/C16H16N2O4/c1-4-5-11-12(6-10(7-17)8-18)14(20-3)16-15(13(11)19-2)21-9-22-16/h6H,4-5,9H2,1-3H3. The molecule has 6 nitrogen and oxygen atoms in total. The lowest BCUT2D eigenvalue weighted by atomic mass is 9.97. The third kappa shape index (κ3) is 2.51. The van der Waals surface area contributed by atoms with Crippen LogP contribution in [0, 0.1) is 22.7 Å². The fourth-order valence-electron chi connectivity index (χ4n) is 2.44. The summed E-state index contributed by atoms with van der Waals surface area (Å²) in [6, 6.07) is 3.72. The Kier molecular flexibility index (Phi) is 4.75. The van der Waals surface area contributed by atoms with E-state index < -0.39 is 0 Å². The first-order valence-corrected chi connectivity index (χ1v) is 6.80. The van der Waals surface area contributed by atoms with Crippen molar-refractivity contribution in [1.82, 2.24) is 0 Å². The molecule has 0 aromatic heterocycles. The highest BCUT2D eigenvalue weighted by molar-refractivity contribution is 5.78. The Hall–Kier alpha value is -2.86. The minimum atomic E-state index is -0.0171. The average Bonchev–Trinajstić information content (AvgIpc) is 3.01. The van der Waals surface area contributed by atoms with Gasteiger partial charge in [-0.05, 0) is 12.5 Å². The number of hydrogen-bond donors (Lipinski definition) is 0. The average molecular weight is 300 g/mol. The Morgan fingerprint density at radius 3 is 2.23 bits per heavy atom. The Morgan fingerprint density at radius 2 is 1.73 bits per heavy atom. The highest BCUT2D eigenvalue weighted by Gasteiger charge is 2.30. The van der Waals surface area contributed by atoms with Crippen LogP contribution in [0.4, 0.5) is 0 Å². The lowest BCUT2D eigenvalue weighted by molar-refractivity contribution is 0.168. The van der Waals surface area contributed by atoms with Gasteiger partial charge < -0.3 is 18.9 Å². The summed E-state index contributed by atoms with van der Waals surface area (Å²) < 4.78 is 21.9. The minimum absolute atomic E-state index is 0.0171. The van der Waals surface area contributed by atoms with E-state index in [0.29, 0.717) is 35.0 Å². The fourth-order valence-corrected chi connectivity index (χ4v) is 2.44. The molecule has 1 aromatic rings. The number of allylic oxidation sites excluding steroid dienone is 1. The predicted molar refractivity (Wildman–Crippen MR) is 78.9 cm³/mol. The molecule has 0 fully saturated rings. The van der Waals surface area contributed by atoms with Crippen LogP contribution in [0.1, 0.15) is 24.5 Å². The molecule has 0 saturated heterocycles. The summed E-state index contributed by atoms with van der Waals surface area (Å²) in [4.78, 5) is 0. The number of fused-ring (bicyclic) bond motifs is 1. The highest BCUT2D eigenvalue weighted by atomic mass is 16.7. The van der Waals surface area contributed by atoms with Crippen LogP contribution in [0.25, 0.3) is 6.08 Å². The van der Waals surface area contributed by atoms with Crippen molar-refractivity contribution in [3.05, 3.63) is 16.7 Å². The van der Waals surface area contributed by atoms with E-state index in [9.17, 15) is 0 Å². The summed E-state index contributed by atoms with van der Waals surface area (Å²) >= 11 is 0. The minimum Gasteiger partial charge on any atom is -0.492 e. The van der Waals surface area contributed by atoms with Crippen LogP contribution in [-0.2, 0) is 6.42 Å². The van der Waals surface area contributed by atoms with Crippen LogP contribution in [0.5, 0.6) is 23.0 Å². The van der Waals surface area contributed by atoms with Gasteiger partial charge in [0.1, 0.15) is 17.7 Å². The molecule has 2 rings (SSSR count). The molecular formula is C16H16N2O4. The zero-order valence-electron chi connectivity index (χ0n) is 12.7. The van der Waals surface area contributed by atoms with Crippen LogP contribution in [0.3, 0.4) is 0 Å². The molecule has 6 heteroatoms. The van der Waals surface area contributed by atoms with Crippen molar-refractivity contribution in [1.29, 1.82) is 10.5 Å². The summed E-state index contributed by atoms with van der Waals surface area (Å²) in [5.74, 6) is 1.92. The van der Waals surface area contributed by atoms with Crippen LogP contribution in [0.15, 0.2) is 5.57 Å². The Balaban J connectivity index is 2.82. The molecule has 1 aliphatic rings. The summed E-state index contributed by atoms with van der Waals surface area (Å²) in [7, 11) is 3.06. The van der Waals surface area contributed by atoms with Crippen molar-refractivity contribution < 1.29 is 18.9 Å². The molecule has 0 saturated carbocycles. The van der Waals surface area contributed by atoms with E-state index in [0.717, 1.165) is 12.0 Å². The van der Waals surface area contributed by atoms with Gasteiger partial charge >= 0.3 is 0 Å². The number of ether oxygens (including phenoxy) is 4. The maximum atomic E-state index is 9.02. The molecule has 0 radical (unpaired) electrons. The van der Waals surface area contributed by atoms with Gasteiger partial charge in [-0.25, -0.2) is 0 Å². The number of methoxy groups -OCH3 is 2. The molecule has 114 valence electrons. The maximum Gasteiger partial charge on any atom is 0.231 e. The molecule has 0 aliphatic carbocycles. The molecule has 22 heavy (non-hydrogen) atoms. The summed E-state index contributed by atoms with van der Waals surface area (Å²) in [6.07, 6.45) is 3.04. The van der Waals surface area contributed by atoms with Crippen molar-refractivity contribution in [2.24, 2.45) is 0 Å². The molecule has 1 heterocycles. The predicted octanol–water partition coefficient (Wildman–Crippen LogP) is 2.82. The van der Waals surface area contributed by atoms with Gasteiger partial charge in [-0.15, -0.1) is 0 Å². The van der Waals surface area contributed by atoms with Gasteiger partial charge in [-0.1, -0.05) is 13.3 Å². The topological polar surface area (TPSA) is 84.5 Å². The van der Waals surface area contributed by atoms with Gasteiger partial charge in [0.15, 0.2) is 11.5 Å². The highest BCUT2D eigenvalue weighted by Crippen LogP contribution is 2.52. The van der Waals surface area contributed by atoms with Crippen molar-refractivity contribution in [2.45, 2.75) is 19.8 Å². The van der Waals surface area contributed by atoms with E-state index in [1.165, 1.54) is 13.2 Å². The first-order valence-electron chi connectivity index (χ1n) is 6.80. The molecule has 0 amide bonds.